The van der Waals surface area contributed by atoms with Crippen LogP contribution in [0.2, 0.25) is 0 Å². The zero-order valence-electron chi connectivity index (χ0n) is 15.6. The third-order valence-electron chi connectivity index (χ3n) is 5.48. The number of aromatic nitrogens is 4. The van der Waals surface area contributed by atoms with Crippen molar-refractivity contribution in [1.29, 1.82) is 0 Å². The SMILES string of the molecule is O=C1Nc2[nH]nc(C3CCN(c4ccc(C(F)(F)F)nn4)CC3)c2[C@H](C(F)(F)F)[C@@H]1O. The fraction of sp³-hybridized carbons (Fsp3) is 0.529. The van der Waals surface area contributed by atoms with Crippen molar-refractivity contribution in [3.63, 3.8) is 0 Å². The maximum Gasteiger partial charge on any atom is 0.435 e. The molecule has 1 fully saturated rings. The number of hydrogen-bond donors (Lipinski definition) is 3. The topological polar surface area (TPSA) is 107 Å². The Hall–Kier alpha value is -2.90. The lowest BCUT2D eigenvalue weighted by Gasteiger charge is -2.34. The minimum absolute atomic E-state index is 0.106. The van der Waals surface area contributed by atoms with Crippen molar-refractivity contribution >= 4 is 17.5 Å². The number of carbonyl (C=O) groups is 1. The van der Waals surface area contributed by atoms with Crippen LogP contribution in [0.25, 0.3) is 0 Å². The summed E-state index contributed by atoms with van der Waals surface area (Å²) in [7, 11) is 0. The number of amides is 1. The molecule has 2 aromatic rings. The van der Waals surface area contributed by atoms with Crippen LogP contribution in [-0.4, -0.2) is 56.8 Å². The van der Waals surface area contributed by atoms with Crippen LogP contribution >= 0.6 is 0 Å². The summed E-state index contributed by atoms with van der Waals surface area (Å²) >= 11 is 0. The summed E-state index contributed by atoms with van der Waals surface area (Å²) in [6.45, 7) is 0.607. The molecule has 0 bridgehead atoms. The molecule has 1 amide bonds. The molecule has 168 valence electrons. The number of halogens is 6. The van der Waals surface area contributed by atoms with Gasteiger partial charge in [0.2, 0.25) is 0 Å². The number of carbonyl (C=O) groups excluding carboxylic acids is 1. The molecule has 4 rings (SSSR count). The summed E-state index contributed by atoms with van der Waals surface area (Å²) in [6.07, 6.45) is -11.1. The molecule has 8 nitrogen and oxygen atoms in total. The molecule has 14 heteroatoms. The Morgan fingerprint density at radius 2 is 1.74 bits per heavy atom. The van der Waals surface area contributed by atoms with Crippen molar-refractivity contribution < 1.29 is 36.2 Å². The first-order chi connectivity index (χ1) is 14.5. The molecule has 2 aliphatic rings. The van der Waals surface area contributed by atoms with Crippen LogP contribution in [0.5, 0.6) is 0 Å². The molecule has 0 unspecified atom stereocenters. The quantitative estimate of drug-likeness (QED) is 0.608. The molecule has 0 aromatic carbocycles. The number of aromatic amines is 1. The van der Waals surface area contributed by atoms with Crippen molar-refractivity contribution in [2.45, 2.75) is 43.1 Å². The maximum atomic E-state index is 13.6. The van der Waals surface area contributed by atoms with Crippen molar-refractivity contribution in [2.75, 3.05) is 23.3 Å². The van der Waals surface area contributed by atoms with Crippen LogP contribution in [-0.2, 0) is 11.0 Å². The highest BCUT2D eigenvalue weighted by molar-refractivity contribution is 5.97. The van der Waals surface area contributed by atoms with E-state index in [0.29, 0.717) is 25.9 Å². The second kappa shape index (κ2) is 7.35. The fourth-order valence-corrected chi connectivity index (χ4v) is 3.96. The lowest BCUT2D eigenvalue weighted by molar-refractivity contribution is -0.177. The lowest BCUT2D eigenvalue weighted by atomic mass is 9.83. The third-order valence-corrected chi connectivity index (χ3v) is 5.48. The van der Waals surface area contributed by atoms with Gasteiger partial charge in [-0.25, -0.2) is 0 Å². The second-order valence-corrected chi connectivity index (χ2v) is 7.39. The molecule has 31 heavy (non-hydrogen) atoms. The predicted molar refractivity (Wildman–Crippen MR) is 93.2 cm³/mol. The van der Waals surface area contributed by atoms with Crippen LogP contribution < -0.4 is 10.2 Å². The normalized spacial score (nSPS) is 22.9. The van der Waals surface area contributed by atoms with Crippen LogP contribution in [0.1, 0.15) is 41.6 Å². The Bertz CT molecular complexity index is 965. The van der Waals surface area contributed by atoms with Gasteiger partial charge in [-0.05, 0) is 25.0 Å². The van der Waals surface area contributed by atoms with Crippen molar-refractivity contribution in [3.8, 4) is 0 Å². The van der Waals surface area contributed by atoms with Crippen LogP contribution in [0.15, 0.2) is 12.1 Å². The number of aliphatic hydroxyl groups excluding tert-OH is 1. The van der Waals surface area contributed by atoms with E-state index in [1.807, 2.05) is 0 Å². The van der Waals surface area contributed by atoms with Gasteiger partial charge in [-0.2, -0.15) is 31.4 Å². The van der Waals surface area contributed by atoms with Gasteiger partial charge in [0.15, 0.2) is 11.5 Å². The number of piperidine rings is 1. The minimum Gasteiger partial charge on any atom is -0.382 e. The number of rotatable bonds is 2. The summed E-state index contributed by atoms with van der Waals surface area (Å²) in [4.78, 5) is 13.4. The molecule has 0 saturated carbocycles. The summed E-state index contributed by atoms with van der Waals surface area (Å²) in [5.41, 5.74) is -1.30. The monoisotopic (exact) mass is 450 g/mol. The molecular formula is C17H16F6N6O2. The Labute approximate surface area is 170 Å². The van der Waals surface area contributed by atoms with E-state index in [1.54, 1.807) is 4.90 Å². The molecule has 1 saturated heterocycles. The Balaban J connectivity index is 1.52. The zero-order chi connectivity index (χ0) is 22.6. The Morgan fingerprint density at radius 3 is 2.29 bits per heavy atom. The van der Waals surface area contributed by atoms with E-state index in [9.17, 15) is 36.2 Å². The highest BCUT2D eigenvalue weighted by Gasteiger charge is 2.53. The second-order valence-electron chi connectivity index (χ2n) is 7.39. The first-order valence-electron chi connectivity index (χ1n) is 9.26. The summed E-state index contributed by atoms with van der Waals surface area (Å²) < 4.78 is 78.6. The van der Waals surface area contributed by atoms with Crippen molar-refractivity contribution in [3.05, 3.63) is 29.1 Å². The molecular weight excluding hydrogens is 434 g/mol. The molecule has 2 aliphatic heterocycles. The number of H-pyrrole nitrogens is 1. The third kappa shape index (κ3) is 3.91. The highest BCUT2D eigenvalue weighted by atomic mass is 19.4. The van der Waals surface area contributed by atoms with Gasteiger partial charge in [0.05, 0.1) is 5.69 Å². The van der Waals surface area contributed by atoms with Gasteiger partial charge in [-0.3, -0.25) is 9.89 Å². The van der Waals surface area contributed by atoms with Gasteiger partial charge in [-0.1, -0.05) is 0 Å². The van der Waals surface area contributed by atoms with Crippen molar-refractivity contribution in [2.24, 2.45) is 0 Å². The molecule has 3 N–H and O–H groups in total. The first kappa shape index (κ1) is 21.3. The van der Waals surface area contributed by atoms with Gasteiger partial charge in [0.1, 0.15) is 17.8 Å². The summed E-state index contributed by atoms with van der Waals surface area (Å²) in [5, 5.41) is 25.2. The number of anilines is 2. The smallest absolute Gasteiger partial charge is 0.382 e. The van der Waals surface area contributed by atoms with Gasteiger partial charge >= 0.3 is 12.4 Å². The van der Waals surface area contributed by atoms with E-state index in [4.69, 9.17) is 0 Å². The average Bonchev–Trinajstić information content (AvgIpc) is 3.10. The van der Waals surface area contributed by atoms with Crippen LogP contribution in [0.4, 0.5) is 38.0 Å². The Morgan fingerprint density at radius 1 is 1.06 bits per heavy atom. The van der Waals surface area contributed by atoms with Crippen LogP contribution in [0, 0.1) is 0 Å². The van der Waals surface area contributed by atoms with E-state index < -0.39 is 41.9 Å². The van der Waals surface area contributed by atoms with E-state index in [2.05, 4.69) is 25.7 Å². The van der Waals surface area contributed by atoms with Gasteiger partial charge in [-0.15, -0.1) is 10.2 Å². The molecule has 4 heterocycles. The van der Waals surface area contributed by atoms with Gasteiger partial charge in [0.25, 0.3) is 5.91 Å². The first-order valence-corrected chi connectivity index (χ1v) is 9.26. The maximum absolute atomic E-state index is 13.6. The van der Waals surface area contributed by atoms with E-state index >= 15 is 0 Å². The van der Waals surface area contributed by atoms with Gasteiger partial charge in [0, 0.05) is 24.6 Å². The number of nitrogens with one attached hydrogen (secondary N) is 2. The number of fused-ring (bicyclic) bond motifs is 1. The Kier molecular flexibility index (Phi) is 5.06. The molecule has 2 aromatic heterocycles. The zero-order valence-corrected chi connectivity index (χ0v) is 15.6. The molecule has 0 aliphatic carbocycles. The molecule has 0 spiro atoms. The average molecular weight is 450 g/mol. The highest BCUT2D eigenvalue weighted by Crippen LogP contribution is 2.47. The molecule has 2 atom stereocenters. The lowest BCUT2D eigenvalue weighted by Crippen LogP contribution is -2.44. The predicted octanol–water partition coefficient (Wildman–Crippen LogP) is 2.56. The standard InChI is InChI=1S/C17H16F6N6O2/c18-16(19,20)8-1-2-9(26-25-8)29-5-3-7(4-6-29)12-10-11(17(21,22)23)13(30)15(31)24-14(10)28-27-12/h1-2,7,11,13,30H,3-6H2,(H2,24,27,28,31)/t11-,13-/m0/s1. The number of hydrogen-bond acceptors (Lipinski definition) is 6. The van der Waals surface area contributed by atoms with Crippen molar-refractivity contribution in [1.82, 2.24) is 20.4 Å². The largest absolute Gasteiger partial charge is 0.435 e. The minimum atomic E-state index is -4.86. The fourth-order valence-electron chi connectivity index (χ4n) is 3.96. The van der Waals surface area contributed by atoms with Gasteiger partial charge < -0.3 is 15.3 Å². The molecule has 0 radical (unpaired) electrons. The number of aliphatic hydroxyl groups is 1. The summed E-state index contributed by atoms with van der Waals surface area (Å²) in [6, 6.07) is 2.01. The van der Waals surface area contributed by atoms with E-state index in [0.717, 1.165) is 6.07 Å². The summed E-state index contributed by atoms with van der Waals surface area (Å²) in [5.74, 6) is -3.94. The van der Waals surface area contributed by atoms with E-state index in [1.165, 1.54) is 6.07 Å². The van der Waals surface area contributed by atoms with Crippen LogP contribution in [0.3, 0.4) is 0 Å². The number of nitrogens with zero attached hydrogens (tertiary/aromatic N) is 4. The number of alkyl halides is 6. The van der Waals surface area contributed by atoms with E-state index in [-0.39, 0.29) is 22.9 Å².